The molecule has 0 heterocycles. The summed E-state index contributed by atoms with van der Waals surface area (Å²) < 4.78 is 28.1. The van der Waals surface area contributed by atoms with Gasteiger partial charge >= 0.3 is 19.7 Å². The maximum absolute atomic E-state index is 12.4. The van der Waals surface area contributed by atoms with Crippen LogP contribution in [0.4, 0.5) is 0 Å². The van der Waals surface area contributed by atoms with Gasteiger partial charge in [-0.1, -0.05) is 111 Å². The van der Waals surface area contributed by atoms with Gasteiger partial charge in [-0.3, -0.25) is 18.9 Å². The number of carbonyl (C=O) groups is 3. The lowest BCUT2D eigenvalue weighted by molar-refractivity contribution is -0.161. The molecule has 3 N–H and O–H groups in total. The molecule has 0 aliphatic carbocycles. The highest BCUT2D eigenvalue weighted by molar-refractivity contribution is 7.50. The molecular formula is C31H61N2O8P. The van der Waals surface area contributed by atoms with Crippen LogP contribution in [0.1, 0.15) is 149 Å². The predicted molar refractivity (Wildman–Crippen MR) is 167 cm³/mol. The minimum atomic E-state index is -4.23. The molecule has 0 bridgehead atoms. The van der Waals surface area contributed by atoms with Gasteiger partial charge in [0, 0.05) is 32.4 Å². The van der Waals surface area contributed by atoms with Gasteiger partial charge in [0.25, 0.3) is 0 Å². The lowest BCUT2D eigenvalue weighted by Crippen LogP contribution is -2.32. The van der Waals surface area contributed by atoms with Crippen LogP contribution in [0.25, 0.3) is 0 Å². The van der Waals surface area contributed by atoms with E-state index in [9.17, 15) is 23.8 Å². The normalized spacial score (nSPS) is 13.3. The van der Waals surface area contributed by atoms with Crippen molar-refractivity contribution in [3.63, 3.8) is 0 Å². The standard InChI is InChI=1S/C31H61N2O8P/c1-4-7-10-11-12-13-14-15-16-17-20-21-29(34)32-24-25-33-42(37,38)40-27-28(41-31(36)23-19-9-6-3)26-39-30(35)22-18-8-5-2/h28H,4-27H2,1-3H3,(H,32,34)(H2,33,37,38). The van der Waals surface area contributed by atoms with E-state index in [4.69, 9.17) is 14.0 Å². The fraction of sp³-hybridized carbons (Fsp3) is 0.903. The Balaban J connectivity index is 4.21. The fourth-order valence-corrected chi connectivity index (χ4v) is 5.18. The summed E-state index contributed by atoms with van der Waals surface area (Å²) in [5.41, 5.74) is 0. The van der Waals surface area contributed by atoms with Crippen LogP contribution >= 0.6 is 7.75 Å². The van der Waals surface area contributed by atoms with Gasteiger partial charge in [0.15, 0.2) is 6.10 Å². The monoisotopic (exact) mass is 620 g/mol. The van der Waals surface area contributed by atoms with Crippen molar-refractivity contribution in [3.8, 4) is 0 Å². The summed E-state index contributed by atoms with van der Waals surface area (Å²) in [7, 11) is -4.23. The number of hydrogen-bond acceptors (Lipinski definition) is 7. The zero-order valence-electron chi connectivity index (χ0n) is 26.8. The first-order valence-corrected chi connectivity index (χ1v) is 18.2. The van der Waals surface area contributed by atoms with Gasteiger partial charge in [0.2, 0.25) is 5.91 Å². The molecule has 0 saturated heterocycles. The molecule has 1 amide bonds. The van der Waals surface area contributed by atoms with E-state index < -0.39 is 32.4 Å². The van der Waals surface area contributed by atoms with Crippen molar-refractivity contribution in [3.05, 3.63) is 0 Å². The van der Waals surface area contributed by atoms with Crippen LogP contribution in [0, 0.1) is 0 Å². The highest BCUT2D eigenvalue weighted by Gasteiger charge is 2.24. The SMILES string of the molecule is CCCCCCCCCCCCCC(=O)NCCNP(=O)(O)OCC(COC(=O)CCCCC)OC(=O)CCCCC. The first-order valence-electron chi connectivity index (χ1n) is 16.6. The third-order valence-corrected chi connectivity index (χ3v) is 8.02. The van der Waals surface area contributed by atoms with E-state index in [1.54, 1.807) is 0 Å². The van der Waals surface area contributed by atoms with Crippen molar-refractivity contribution in [2.75, 3.05) is 26.3 Å². The third-order valence-electron chi connectivity index (χ3n) is 6.90. The lowest BCUT2D eigenvalue weighted by atomic mass is 10.1. The van der Waals surface area contributed by atoms with E-state index in [2.05, 4.69) is 17.3 Å². The second-order valence-corrected chi connectivity index (χ2v) is 12.7. The molecule has 0 spiro atoms. The molecule has 11 heteroatoms. The second kappa shape index (κ2) is 28.3. The molecule has 2 atom stereocenters. The van der Waals surface area contributed by atoms with Crippen LogP contribution in [0.2, 0.25) is 0 Å². The molecule has 42 heavy (non-hydrogen) atoms. The molecular weight excluding hydrogens is 559 g/mol. The van der Waals surface area contributed by atoms with Crippen molar-refractivity contribution in [1.29, 1.82) is 0 Å². The highest BCUT2D eigenvalue weighted by atomic mass is 31.2. The van der Waals surface area contributed by atoms with Crippen LogP contribution in [-0.4, -0.2) is 55.1 Å². The maximum atomic E-state index is 12.4. The van der Waals surface area contributed by atoms with Gasteiger partial charge in [-0.25, -0.2) is 9.65 Å². The number of esters is 2. The zero-order chi connectivity index (χ0) is 31.3. The minimum absolute atomic E-state index is 0.0334. The van der Waals surface area contributed by atoms with Crippen LogP contribution < -0.4 is 10.4 Å². The second-order valence-electron chi connectivity index (χ2n) is 11.1. The molecule has 0 aromatic heterocycles. The molecule has 0 radical (unpaired) electrons. The van der Waals surface area contributed by atoms with E-state index in [-0.39, 0.29) is 38.4 Å². The number of carbonyl (C=O) groups excluding carboxylic acids is 3. The molecule has 0 aliphatic rings. The number of unbranched alkanes of at least 4 members (excludes halogenated alkanes) is 14. The van der Waals surface area contributed by atoms with Crippen LogP contribution in [0.15, 0.2) is 0 Å². The molecule has 0 aromatic carbocycles. The van der Waals surface area contributed by atoms with Gasteiger partial charge in [-0.2, -0.15) is 0 Å². The number of rotatable bonds is 30. The lowest BCUT2D eigenvalue weighted by Gasteiger charge is -2.20. The summed E-state index contributed by atoms with van der Waals surface area (Å²) in [6, 6.07) is 0. The summed E-state index contributed by atoms with van der Waals surface area (Å²) in [6.07, 6.45) is 18.4. The van der Waals surface area contributed by atoms with Gasteiger partial charge < -0.3 is 19.7 Å². The molecule has 0 aromatic rings. The van der Waals surface area contributed by atoms with Gasteiger partial charge in [0.1, 0.15) is 6.61 Å². The van der Waals surface area contributed by atoms with E-state index >= 15 is 0 Å². The Bertz CT molecular complexity index is 738. The Hall–Kier alpha value is -1.48. The Labute approximate surface area is 255 Å². The smallest absolute Gasteiger partial charge is 0.403 e. The molecule has 0 fully saturated rings. The summed E-state index contributed by atoms with van der Waals surface area (Å²) in [5, 5.41) is 5.15. The molecule has 248 valence electrons. The van der Waals surface area contributed by atoms with E-state index in [1.807, 2.05) is 13.8 Å². The molecule has 10 nitrogen and oxygen atoms in total. The largest absolute Gasteiger partial charge is 0.462 e. The average molecular weight is 621 g/mol. The summed E-state index contributed by atoms with van der Waals surface area (Å²) in [4.78, 5) is 46.3. The number of amides is 1. The van der Waals surface area contributed by atoms with Crippen LogP contribution in [0.3, 0.4) is 0 Å². The van der Waals surface area contributed by atoms with Crippen LogP contribution in [-0.2, 0) is 32.9 Å². The first kappa shape index (κ1) is 40.5. The van der Waals surface area contributed by atoms with E-state index in [0.29, 0.717) is 19.3 Å². The van der Waals surface area contributed by atoms with Gasteiger partial charge in [0.05, 0.1) is 6.61 Å². The summed E-state index contributed by atoms with van der Waals surface area (Å²) in [5.74, 6) is -0.970. The highest BCUT2D eigenvalue weighted by Crippen LogP contribution is 2.36. The topological polar surface area (TPSA) is 140 Å². The molecule has 0 saturated carbocycles. The van der Waals surface area contributed by atoms with Crippen molar-refractivity contribution in [2.24, 2.45) is 0 Å². The Morgan fingerprint density at radius 3 is 1.69 bits per heavy atom. The Kier molecular flexibility index (Phi) is 27.3. The summed E-state index contributed by atoms with van der Waals surface area (Å²) in [6.45, 7) is 5.84. The first-order chi connectivity index (χ1) is 20.2. The van der Waals surface area contributed by atoms with Gasteiger partial charge in [-0.05, 0) is 19.3 Å². The quantitative estimate of drug-likeness (QED) is 0.0435. The molecule has 0 aliphatic heterocycles. The van der Waals surface area contributed by atoms with Crippen LogP contribution in [0.5, 0.6) is 0 Å². The summed E-state index contributed by atoms with van der Waals surface area (Å²) >= 11 is 0. The number of hydrogen-bond donors (Lipinski definition) is 3. The van der Waals surface area contributed by atoms with Crippen molar-refractivity contribution >= 4 is 25.6 Å². The number of nitrogens with one attached hydrogen (secondary N) is 2. The van der Waals surface area contributed by atoms with Gasteiger partial charge in [-0.15, -0.1) is 0 Å². The zero-order valence-corrected chi connectivity index (χ0v) is 27.7. The maximum Gasteiger partial charge on any atom is 0.403 e. The fourth-order valence-electron chi connectivity index (χ4n) is 4.32. The molecule has 2 unspecified atom stereocenters. The molecule has 0 rings (SSSR count). The van der Waals surface area contributed by atoms with E-state index in [0.717, 1.165) is 44.9 Å². The third kappa shape index (κ3) is 27.4. The van der Waals surface area contributed by atoms with Crippen molar-refractivity contribution in [1.82, 2.24) is 10.4 Å². The van der Waals surface area contributed by atoms with E-state index in [1.165, 1.54) is 51.4 Å². The predicted octanol–water partition coefficient (Wildman–Crippen LogP) is 7.13. The Morgan fingerprint density at radius 2 is 1.12 bits per heavy atom. The Morgan fingerprint density at radius 1 is 0.643 bits per heavy atom. The average Bonchev–Trinajstić information content (AvgIpc) is 2.96. The number of ether oxygens (including phenoxy) is 2. The van der Waals surface area contributed by atoms with Crippen molar-refractivity contribution in [2.45, 2.75) is 155 Å². The van der Waals surface area contributed by atoms with Crippen molar-refractivity contribution < 1.29 is 37.8 Å². The minimum Gasteiger partial charge on any atom is -0.462 e.